The molecule has 1 N–H and O–H groups in total. The fraction of sp³-hybridized carbons (Fsp3) is 0.786. The Labute approximate surface area is 113 Å². The third-order valence-corrected chi connectivity index (χ3v) is 4.01. The number of hydrogen-bond donors (Lipinski definition) is 1. The highest BCUT2D eigenvalue weighted by molar-refractivity contribution is 6.01. The van der Waals surface area contributed by atoms with Crippen LogP contribution in [-0.4, -0.2) is 35.7 Å². The zero-order valence-corrected chi connectivity index (χ0v) is 11.3. The van der Waals surface area contributed by atoms with E-state index in [1.807, 2.05) is 0 Å². The number of carbonyl (C=O) groups excluding carboxylic acids is 3. The predicted molar refractivity (Wildman–Crippen MR) is 70.2 cm³/mol. The van der Waals surface area contributed by atoms with Gasteiger partial charge in [-0.05, 0) is 18.8 Å². The van der Waals surface area contributed by atoms with Gasteiger partial charge in [0.05, 0.1) is 0 Å². The smallest absolute Gasteiger partial charge is 0.229 e. The molecular formula is C14H22N2O3. The fourth-order valence-corrected chi connectivity index (χ4v) is 2.91. The van der Waals surface area contributed by atoms with Crippen LogP contribution in [0.3, 0.4) is 0 Å². The van der Waals surface area contributed by atoms with Gasteiger partial charge in [0.1, 0.15) is 0 Å². The molecule has 5 nitrogen and oxygen atoms in total. The lowest BCUT2D eigenvalue weighted by Crippen LogP contribution is -2.38. The minimum atomic E-state index is -0.119. The Hall–Kier alpha value is -1.39. The number of imide groups is 1. The molecule has 0 bridgehead atoms. The van der Waals surface area contributed by atoms with Crippen molar-refractivity contribution in [3.63, 3.8) is 0 Å². The van der Waals surface area contributed by atoms with E-state index in [1.165, 1.54) is 24.2 Å². The first kappa shape index (κ1) is 14.0. The van der Waals surface area contributed by atoms with Gasteiger partial charge in [0.2, 0.25) is 17.7 Å². The van der Waals surface area contributed by atoms with Crippen LogP contribution in [0.5, 0.6) is 0 Å². The van der Waals surface area contributed by atoms with E-state index in [0.29, 0.717) is 38.3 Å². The standard InChI is InChI=1S/C14H22N2O3/c17-12(10-11-4-2-1-3-5-11)15-8-9-16-13(18)6-7-14(16)19/h11H,1-10H2,(H,15,17). The molecule has 19 heavy (non-hydrogen) atoms. The van der Waals surface area contributed by atoms with E-state index in [0.717, 1.165) is 12.8 Å². The molecule has 106 valence electrons. The van der Waals surface area contributed by atoms with Crippen molar-refractivity contribution in [1.29, 1.82) is 0 Å². The predicted octanol–water partition coefficient (Wildman–Crippen LogP) is 1.22. The van der Waals surface area contributed by atoms with Crippen LogP contribution in [0.2, 0.25) is 0 Å². The summed E-state index contributed by atoms with van der Waals surface area (Å²) in [6.45, 7) is 0.692. The highest BCUT2D eigenvalue weighted by Gasteiger charge is 2.28. The molecule has 0 atom stereocenters. The maximum atomic E-state index is 11.7. The molecule has 1 saturated carbocycles. The molecule has 5 heteroatoms. The van der Waals surface area contributed by atoms with E-state index in [4.69, 9.17) is 0 Å². The third-order valence-electron chi connectivity index (χ3n) is 4.01. The second-order valence-electron chi connectivity index (χ2n) is 5.50. The van der Waals surface area contributed by atoms with Gasteiger partial charge < -0.3 is 5.32 Å². The van der Waals surface area contributed by atoms with Gasteiger partial charge in [-0.1, -0.05) is 19.3 Å². The van der Waals surface area contributed by atoms with Crippen molar-refractivity contribution < 1.29 is 14.4 Å². The van der Waals surface area contributed by atoms with Gasteiger partial charge in [-0.3, -0.25) is 19.3 Å². The zero-order valence-electron chi connectivity index (χ0n) is 11.3. The van der Waals surface area contributed by atoms with Crippen LogP contribution in [0.4, 0.5) is 0 Å². The summed E-state index contributed by atoms with van der Waals surface area (Å²) in [7, 11) is 0. The topological polar surface area (TPSA) is 66.5 Å². The average Bonchev–Trinajstić information content (AvgIpc) is 2.71. The summed E-state index contributed by atoms with van der Waals surface area (Å²) in [4.78, 5) is 35.7. The van der Waals surface area contributed by atoms with E-state index < -0.39 is 0 Å². The molecule has 0 aromatic rings. The van der Waals surface area contributed by atoms with Crippen molar-refractivity contribution in [2.24, 2.45) is 5.92 Å². The van der Waals surface area contributed by atoms with Crippen LogP contribution >= 0.6 is 0 Å². The summed E-state index contributed by atoms with van der Waals surface area (Å²) >= 11 is 0. The number of carbonyl (C=O) groups is 3. The number of amides is 3. The van der Waals surface area contributed by atoms with Crippen molar-refractivity contribution in [2.75, 3.05) is 13.1 Å². The van der Waals surface area contributed by atoms with E-state index >= 15 is 0 Å². The van der Waals surface area contributed by atoms with Crippen LogP contribution in [-0.2, 0) is 14.4 Å². The first-order valence-electron chi connectivity index (χ1n) is 7.26. The lowest BCUT2D eigenvalue weighted by molar-refractivity contribution is -0.138. The van der Waals surface area contributed by atoms with E-state index in [2.05, 4.69) is 5.32 Å². The first-order chi connectivity index (χ1) is 9.16. The van der Waals surface area contributed by atoms with Crippen LogP contribution in [0, 0.1) is 5.92 Å². The normalized spacial score (nSPS) is 20.9. The first-order valence-corrected chi connectivity index (χ1v) is 7.26. The van der Waals surface area contributed by atoms with Crippen LogP contribution in [0.25, 0.3) is 0 Å². The number of nitrogens with one attached hydrogen (secondary N) is 1. The number of likely N-dealkylation sites (tertiary alicyclic amines) is 1. The Morgan fingerprint density at radius 2 is 1.74 bits per heavy atom. The Morgan fingerprint density at radius 3 is 2.37 bits per heavy atom. The summed E-state index contributed by atoms with van der Waals surface area (Å²) in [6.07, 6.45) is 7.26. The molecule has 0 spiro atoms. The molecule has 0 aromatic carbocycles. The van der Waals surface area contributed by atoms with Gasteiger partial charge in [-0.2, -0.15) is 0 Å². The van der Waals surface area contributed by atoms with Crippen LogP contribution in [0.15, 0.2) is 0 Å². The lowest BCUT2D eigenvalue weighted by atomic mass is 9.87. The molecule has 0 aromatic heterocycles. The number of rotatable bonds is 5. The largest absolute Gasteiger partial charge is 0.354 e. The molecule has 1 aliphatic carbocycles. The molecule has 2 fully saturated rings. The molecule has 2 rings (SSSR count). The Morgan fingerprint density at radius 1 is 1.11 bits per heavy atom. The van der Waals surface area contributed by atoms with Crippen molar-refractivity contribution >= 4 is 17.7 Å². The molecule has 1 heterocycles. The molecule has 2 aliphatic rings. The van der Waals surface area contributed by atoms with Crippen LogP contribution < -0.4 is 5.32 Å². The average molecular weight is 266 g/mol. The Balaban J connectivity index is 1.63. The van der Waals surface area contributed by atoms with Gasteiger partial charge in [0, 0.05) is 32.4 Å². The van der Waals surface area contributed by atoms with Gasteiger partial charge in [-0.25, -0.2) is 0 Å². The Kier molecular flexibility index (Phi) is 4.93. The lowest BCUT2D eigenvalue weighted by Gasteiger charge is -2.21. The summed E-state index contributed by atoms with van der Waals surface area (Å²) in [5, 5.41) is 2.81. The minimum Gasteiger partial charge on any atom is -0.354 e. The maximum Gasteiger partial charge on any atom is 0.229 e. The summed E-state index contributed by atoms with van der Waals surface area (Å²) in [5.74, 6) is 0.327. The van der Waals surface area contributed by atoms with E-state index in [1.54, 1.807) is 0 Å². The van der Waals surface area contributed by atoms with Gasteiger partial charge in [0.15, 0.2) is 0 Å². The van der Waals surface area contributed by atoms with Crippen molar-refractivity contribution in [3.05, 3.63) is 0 Å². The zero-order chi connectivity index (χ0) is 13.7. The molecule has 0 radical (unpaired) electrons. The van der Waals surface area contributed by atoms with E-state index in [-0.39, 0.29) is 17.7 Å². The summed E-state index contributed by atoms with van der Waals surface area (Å²) in [5.41, 5.74) is 0. The highest BCUT2D eigenvalue weighted by atomic mass is 16.2. The third kappa shape index (κ3) is 4.04. The fourth-order valence-electron chi connectivity index (χ4n) is 2.91. The van der Waals surface area contributed by atoms with Gasteiger partial charge in [-0.15, -0.1) is 0 Å². The molecule has 1 aliphatic heterocycles. The molecule has 3 amide bonds. The minimum absolute atomic E-state index is 0.0472. The quantitative estimate of drug-likeness (QED) is 0.761. The van der Waals surface area contributed by atoms with E-state index in [9.17, 15) is 14.4 Å². The summed E-state index contributed by atoms with van der Waals surface area (Å²) in [6, 6.07) is 0. The summed E-state index contributed by atoms with van der Waals surface area (Å²) < 4.78 is 0. The number of nitrogens with zero attached hydrogens (tertiary/aromatic N) is 1. The second kappa shape index (κ2) is 6.68. The molecule has 0 unspecified atom stereocenters. The molecular weight excluding hydrogens is 244 g/mol. The van der Waals surface area contributed by atoms with Gasteiger partial charge >= 0.3 is 0 Å². The SMILES string of the molecule is O=C(CC1CCCCC1)NCCN1C(=O)CCC1=O. The number of hydrogen-bond acceptors (Lipinski definition) is 3. The van der Waals surface area contributed by atoms with Crippen molar-refractivity contribution in [3.8, 4) is 0 Å². The second-order valence-corrected chi connectivity index (χ2v) is 5.50. The van der Waals surface area contributed by atoms with Crippen LogP contribution in [0.1, 0.15) is 51.4 Å². The van der Waals surface area contributed by atoms with Gasteiger partial charge in [0.25, 0.3) is 0 Å². The maximum absolute atomic E-state index is 11.7. The monoisotopic (exact) mass is 266 g/mol. The molecule has 1 saturated heterocycles. The van der Waals surface area contributed by atoms with Crippen molar-refractivity contribution in [2.45, 2.75) is 51.4 Å². The Bertz CT molecular complexity index is 346. The van der Waals surface area contributed by atoms with Crippen molar-refractivity contribution in [1.82, 2.24) is 10.2 Å². The highest BCUT2D eigenvalue weighted by Crippen LogP contribution is 2.25.